The fourth-order valence-corrected chi connectivity index (χ4v) is 5.42. The Labute approximate surface area is 195 Å². The van der Waals surface area contributed by atoms with E-state index in [9.17, 15) is 22.0 Å². The minimum absolute atomic E-state index is 0.0267. The van der Waals surface area contributed by atoms with Crippen LogP contribution in [0.2, 0.25) is 0 Å². The lowest BCUT2D eigenvalue weighted by molar-refractivity contribution is -0.138. The molecule has 1 saturated heterocycles. The lowest BCUT2D eigenvalue weighted by atomic mass is 9.87. The van der Waals surface area contributed by atoms with Gasteiger partial charge in [0.2, 0.25) is 10.0 Å². The predicted molar refractivity (Wildman–Crippen MR) is 120 cm³/mol. The fraction of sp³-hybridized carbons (Fsp3) is 0.208. The van der Waals surface area contributed by atoms with Gasteiger partial charge in [-0.05, 0) is 53.9 Å². The third-order valence-corrected chi connectivity index (χ3v) is 7.47. The standard InChI is InChI=1S/C24H22F2N2O5S/c25-18-10-8-17(9-11-18)24(33-22-7-2-1-6-20(22)26)14-28(15-24)34(31,32)19-5-3-4-16(12-19)13-21(27)23(29)30/h1-12,21H,13-15,27H2,(H,29,30)/t21-/m0/s1. The molecule has 1 aliphatic rings. The number of hydrogen-bond acceptors (Lipinski definition) is 5. The van der Waals surface area contributed by atoms with Gasteiger partial charge >= 0.3 is 5.97 Å². The molecule has 0 radical (unpaired) electrons. The lowest BCUT2D eigenvalue weighted by Gasteiger charge is -2.48. The zero-order valence-corrected chi connectivity index (χ0v) is 18.7. The van der Waals surface area contributed by atoms with E-state index >= 15 is 0 Å². The van der Waals surface area contributed by atoms with Crippen molar-refractivity contribution in [2.24, 2.45) is 5.73 Å². The number of rotatable bonds is 8. The Morgan fingerprint density at radius 2 is 1.74 bits per heavy atom. The number of benzene rings is 3. The molecule has 3 aromatic rings. The average molecular weight is 489 g/mol. The zero-order chi connectivity index (χ0) is 24.5. The van der Waals surface area contributed by atoms with Gasteiger partial charge in [0.15, 0.2) is 17.2 Å². The number of para-hydroxylation sites is 1. The first-order valence-electron chi connectivity index (χ1n) is 10.4. The van der Waals surface area contributed by atoms with Gasteiger partial charge in [-0.25, -0.2) is 17.2 Å². The van der Waals surface area contributed by atoms with Crippen LogP contribution >= 0.6 is 0 Å². The van der Waals surface area contributed by atoms with Crippen molar-refractivity contribution in [1.29, 1.82) is 0 Å². The van der Waals surface area contributed by atoms with Crippen LogP contribution in [0, 0.1) is 11.6 Å². The minimum atomic E-state index is -3.97. The summed E-state index contributed by atoms with van der Waals surface area (Å²) >= 11 is 0. The van der Waals surface area contributed by atoms with Crippen molar-refractivity contribution < 1.29 is 31.8 Å². The Morgan fingerprint density at radius 1 is 1.06 bits per heavy atom. The summed E-state index contributed by atoms with van der Waals surface area (Å²) in [4.78, 5) is 11.0. The molecule has 178 valence electrons. The number of nitrogens with two attached hydrogens (primary N) is 1. The first-order chi connectivity index (χ1) is 16.1. The number of ether oxygens (including phenoxy) is 1. The van der Waals surface area contributed by atoms with E-state index in [-0.39, 0.29) is 30.2 Å². The second-order valence-corrected chi connectivity index (χ2v) is 10.0. The van der Waals surface area contributed by atoms with E-state index in [4.69, 9.17) is 15.6 Å². The molecular weight excluding hydrogens is 466 g/mol. The Bertz CT molecular complexity index is 1310. The van der Waals surface area contributed by atoms with E-state index in [0.717, 1.165) is 0 Å². The highest BCUT2D eigenvalue weighted by Gasteiger charge is 2.52. The van der Waals surface area contributed by atoms with E-state index < -0.39 is 39.3 Å². The highest BCUT2D eigenvalue weighted by molar-refractivity contribution is 7.89. The zero-order valence-electron chi connectivity index (χ0n) is 17.9. The molecule has 1 fully saturated rings. The van der Waals surface area contributed by atoms with Crippen LogP contribution in [0.5, 0.6) is 5.75 Å². The van der Waals surface area contributed by atoms with Crippen LogP contribution in [0.1, 0.15) is 11.1 Å². The van der Waals surface area contributed by atoms with Crippen molar-refractivity contribution in [3.63, 3.8) is 0 Å². The van der Waals surface area contributed by atoms with Crippen molar-refractivity contribution in [2.75, 3.05) is 13.1 Å². The summed E-state index contributed by atoms with van der Waals surface area (Å²) < 4.78 is 61.5. The molecule has 1 atom stereocenters. The smallest absolute Gasteiger partial charge is 0.320 e. The molecule has 3 aromatic carbocycles. The van der Waals surface area contributed by atoms with Gasteiger partial charge in [-0.2, -0.15) is 4.31 Å². The summed E-state index contributed by atoms with van der Waals surface area (Å²) in [6.45, 7) is -0.262. The molecule has 0 amide bonds. The minimum Gasteiger partial charge on any atom is -0.480 e. The van der Waals surface area contributed by atoms with Gasteiger partial charge in [0.1, 0.15) is 11.9 Å². The Kier molecular flexibility index (Phi) is 6.39. The first kappa shape index (κ1) is 23.8. The van der Waals surface area contributed by atoms with Gasteiger partial charge in [-0.15, -0.1) is 0 Å². The summed E-state index contributed by atoms with van der Waals surface area (Å²) in [6, 6.07) is 15.9. The largest absolute Gasteiger partial charge is 0.480 e. The normalized spacial score (nSPS) is 16.4. The van der Waals surface area contributed by atoms with Gasteiger partial charge in [0, 0.05) is 0 Å². The average Bonchev–Trinajstić information content (AvgIpc) is 2.78. The van der Waals surface area contributed by atoms with Crippen molar-refractivity contribution >= 4 is 16.0 Å². The predicted octanol–water partition coefficient (Wildman–Crippen LogP) is 2.90. The molecule has 0 bridgehead atoms. The Morgan fingerprint density at radius 3 is 2.38 bits per heavy atom. The molecule has 10 heteroatoms. The number of hydrogen-bond donors (Lipinski definition) is 2. The van der Waals surface area contributed by atoms with Crippen LogP contribution in [0.15, 0.2) is 77.7 Å². The molecule has 1 aliphatic heterocycles. The van der Waals surface area contributed by atoms with Crippen LogP contribution in [0.25, 0.3) is 0 Å². The van der Waals surface area contributed by atoms with Crippen LogP contribution in [-0.4, -0.2) is 42.9 Å². The molecule has 7 nitrogen and oxygen atoms in total. The second-order valence-electron chi connectivity index (χ2n) is 8.10. The number of carbonyl (C=O) groups is 1. The van der Waals surface area contributed by atoms with Crippen LogP contribution in [0.4, 0.5) is 8.78 Å². The maximum absolute atomic E-state index is 14.3. The molecule has 3 N–H and O–H groups in total. The monoisotopic (exact) mass is 488 g/mol. The fourth-order valence-electron chi connectivity index (χ4n) is 3.81. The molecule has 0 aromatic heterocycles. The SMILES string of the molecule is N[C@@H](Cc1cccc(S(=O)(=O)N2CC(Oc3ccccc3F)(c3ccc(F)cc3)C2)c1)C(=O)O. The van der Waals surface area contributed by atoms with Gasteiger partial charge in [0.25, 0.3) is 0 Å². The highest BCUT2D eigenvalue weighted by Crippen LogP contribution is 2.40. The quantitative estimate of drug-likeness (QED) is 0.505. The summed E-state index contributed by atoms with van der Waals surface area (Å²) in [6.07, 6.45) is -0.0331. The number of aliphatic carboxylic acids is 1. The van der Waals surface area contributed by atoms with E-state index in [0.29, 0.717) is 11.1 Å². The molecule has 0 unspecified atom stereocenters. The summed E-state index contributed by atoms with van der Waals surface area (Å²) in [7, 11) is -3.97. The van der Waals surface area contributed by atoms with E-state index in [1.165, 1.54) is 65.0 Å². The van der Waals surface area contributed by atoms with Gasteiger partial charge in [-0.1, -0.05) is 36.4 Å². The van der Waals surface area contributed by atoms with E-state index in [1.807, 2.05) is 0 Å². The van der Waals surface area contributed by atoms with Crippen LogP contribution < -0.4 is 10.5 Å². The van der Waals surface area contributed by atoms with Crippen LogP contribution in [0.3, 0.4) is 0 Å². The van der Waals surface area contributed by atoms with Gasteiger partial charge in [-0.3, -0.25) is 4.79 Å². The van der Waals surface area contributed by atoms with Gasteiger partial charge in [0.05, 0.1) is 18.0 Å². The summed E-state index contributed by atoms with van der Waals surface area (Å²) in [5, 5.41) is 9.02. The van der Waals surface area contributed by atoms with Crippen molar-refractivity contribution in [3.05, 3.63) is 95.6 Å². The Balaban J connectivity index is 1.61. The summed E-state index contributed by atoms with van der Waals surface area (Å²) in [5.74, 6) is -2.31. The molecule has 34 heavy (non-hydrogen) atoms. The number of carboxylic acids is 1. The molecular formula is C24H22F2N2O5S. The first-order valence-corrected chi connectivity index (χ1v) is 11.8. The van der Waals surface area contributed by atoms with Gasteiger partial charge < -0.3 is 15.6 Å². The molecule has 0 saturated carbocycles. The number of nitrogens with zero attached hydrogens (tertiary/aromatic N) is 1. The molecule has 0 spiro atoms. The van der Waals surface area contributed by atoms with E-state index in [1.54, 1.807) is 12.1 Å². The number of carboxylic acid groups (broad SMARTS) is 1. The topological polar surface area (TPSA) is 110 Å². The van der Waals surface area contributed by atoms with Crippen LogP contribution in [-0.2, 0) is 26.8 Å². The third-order valence-electron chi connectivity index (χ3n) is 5.68. The Hall–Kier alpha value is -3.34. The third kappa shape index (κ3) is 4.65. The maximum atomic E-state index is 14.3. The highest BCUT2D eigenvalue weighted by atomic mass is 32.2. The number of halogens is 2. The second kappa shape index (κ2) is 9.13. The lowest BCUT2D eigenvalue weighted by Crippen LogP contribution is -2.64. The maximum Gasteiger partial charge on any atom is 0.320 e. The number of sulfonamides is 1. The van der Waals surface area contributed by atoms with Crippen molar-refractivity contribution in [3.8, 4) is 5.75 Å². The molecule has 0 aliphatic carbocycles. The molecule has 4 rings (SSSR count). The summed E-state index contributed by atoms with van der Waals surface area (Å²) in [5.41, 5.74) is 5.32. The molecule has 1 heterocycles. The van der Waals surface area contributed by atoms with Crippen molar-refractivity contribution in [1.82, 2.24) is 4.31 Å². The van der Waals surface area contributed by atoms with E-state index in [2.05, 4.69) is 0 Å². The van der Waals surface area contributed by atoms with Crippen molar-refractivity contribution in [2.45, 2.75) is 23.0 Å².